The van der Waals surface area contributed by atoms with Gasteiger partial charge in [-0.2, -0.15) is 0 Å². The third-order valence-electron chi connectivity index (χ3n) is 2.97. The lowest BCUT2D eigenvalue weighted by atomic mass is 10.1. The number of rotatable bonds is 3. The van der Waals surface area contributed by atoms with Crippen molar-refractivity contribution in [2.75, 3.05) is 11.5 Å². The third kappa shape index (κ3) is 3.01. The standard InChI is InChI=1S/C12H17NO4S/c1-8(13)9-2-4-10(5-3-9)17-12-7-18(15,16)6-11(12)14/h2-5,8,11-12,14H,6-7,13H2,1H3/t8-,11?,12?/m1/s1. The molecule has 0 amide bonds. The molecule has 1 aliphatic rings. The van der Waals surface area contributed by atoms with E-state index in [4.69, 9.17) is 10.5 Å². The summed E-state index contributed by atoms with van der Waals surface area (Å²) in [5.74, 6) is 0.180. The Bertz CT molecular complexity index is 509. The van der Waals surface area contributed by atoms with Crippen molar-refractivity contribution in [3.8, 4) is 5.75 Å². The fourth-order valence-corrected chi connectivity index (χ4v) is 3.60. The van der Waals surface area contributed by atoms with Gasteiger partial charge in [-0.3, -0.25) is 0 Å². The van der Waals surface area contributed by atoms with Gasteiger partial charge in [0.15, 0.2) is 9.84 Å². The molecule has 6 heteroatoms. The summed E-state index contributed by atoms with van der Waals surface area (Å²) in [6, 6.07) is 7.06. The number of ether oxygens (including phenoxy) is 1. The highest BCUT2D eigenvalue weighted by Gasteiger charge is 2.38. The van der Waals surface area contributed by atoms with E-state index in [1.54, 1.807) is 12.1 Å². The average Bonchev–Trinajstić information content (AvgIpc) is 2.52. The third-order valence-corrected chi connectivity index (χ3v) is 4.65. The molecule has 2 rings (SSSR count). The molecule has 0 radical (unpaired) electrons. The van der Waals surface area contributed by atoms with E-state index in [0.717, 1.165) is 5.56 Å². The first kappa shape index (κ1) is 13.3. The Kier molecular flexibility index (Phi) is 3.61. The molecule has 0 bridgehead atoms. The van der Waals surface area contributed by atoms with Crippen LogP contribution in [-0.4, -0.2) is 37.2 Å². The van der Waals surface area contributed by atoms with Crippen LogP contribution in [0, 0.1) is 0 Å². The van der Waals surface area contributed by atoms with Crippen LogP contribution in [0.3, 0.4) is 0 Å². The minimum atomic E-state index is -3.18. The highest BCUT2D eigenvalue weighted by molar-refractivity contribution is 7.91. The van der Waals surface area contributed by atoms with Crippen LogP contribution in [0.25, 0.3) is 0 Å². The molecule has 2 unspecified atom stereocenters. The molecular weight excluding hydrogens is 254 g/mol. The van der Waals surface area contributed by atoms with E-state index in [-0.39, 0.29) is 17.5 Å². The quantitative estimate of drug-likeness (QED) is 0.822. The van der Waals surface area contributed by atoms with E-state index in [1.165, 1.54) is 0 Å². The van der Waals surface area contributed by atoms with Crippen LogP contribution in [0.2, 0.25) is 0 Å². The van der Waals surface area contributed by atoms with E-state index < -0.39 is 22.0 Å². The van der Waals surface area contributed by atoms with Crippen molar-refractivity contribution in [3.05, 3.63) is 29.8 Å². The second-order valence-electron chi connectivity index (χ2n) is 4.66. The Labute approximate surface area is 106 Å². The molecule has 3 N–H and O–H groups in total. The molecule has 18 heavy (non-hydrogen) atoms. The molecule has 5 nitrogen and oxygen atoms in total. The first-order valence-corrected chi connectivity index (χ1v) is 7.60. The van der Waals surface area contributed by atoms with E-state index in [0.29, 0.717) is 5.75 Å². The summed E-state index contributed by atoms with van der Waals surface area (Å²) in [6.45, 7) is 1.88. The predicted octanol–water partition coefficient (Wildman–Crippen LogP) is 0.243. The molecule has 0 aliphatic carbocycles. The molecule has 0 aromatic heterocycles. The van der Waals surface area contributed by atoms with Crippen LogP contribution in [0.4, 0.5) is 0 Å². The van der Waals surface area contributed by atoms with Gasteiger partial charge in [0.2, 0.25) is 0 Å². The zero-order valence-electron chi connectivity index (χ0n) is 10.1. The average molecular weight is 271 g/mol. The summed E-state index contributed by atoms with van der Waals surface area (Å²) in [5.41, 5.74) is 6.70. The van der Waals surface area contributed by atoms with Gasteiger partial charge in [0, 0.05) is 6.04 Å². The van der Waals surface area contributed by atoms with Crippen molar-refractivity contribution in [3.63, 3.8) is 0 Å². The number of aliphatic hydroxyl groups excluding tert-OH is 1. The lowest BCUT2D eigenvalue weighted by Gasteiger charge is -2.16. The monoisotopic (exact) mass is 271 g/mol. The molecule has 1 heterocycles. The fraction of sp³-hybridized carbons (Fsp3) is 0.500. The van der Waals surface area contributed by atoms with Gasteiger partial charge in [-0.1, -0.05) is 12.1 Å². The smallest absolute Gasteiger partial charge is 0.156 e. The Balaban J connectivity index is 2.06. The predicted molar refractivity (Wildman–Crippen MR) is 68.1 cm³/mol. The van der Waals surface area contributed by atoms with Gasteiger partial charge in [0.25, 0.3) is 0 Å². The first-order chi connectivity index (χ1) is 8.37. The molecule has 1 aromatic rings. The maximum absolute atomic E-state index is 11.3. The number of hydrogen-bond acceptors (Lipinski definition) is 5. The Morgan fingerprint density at radius 2 is 1.94 bits per heavy atom. The molecule has 0 spiro atoms. The van der Waals surface area contributed by atoms with E-state index in [1.807, 2.05) is 19.1 Å². The van der Waals surface area contributed by atoms with Gasteiger partial charge in [-0.15, -0.1) is 0 Å². The fourth-order valence-electron chi connectivity index (χ4n) is 1.93. The van der Waals surface area contributed by atoms with Crippen molar-refractivity contribution >= 4 is 9.84 Å². The molecule has 1 fully saturated rings. The van der Waals surface area contributed by atoms with Crippen LogP contribution in [0.1, 0.15) is 18.5 Å². The molecule has 0 saturated carbocycles. The van der Waals surface area contributed by atoms with Crippen LogP contribution in [-0.2, 0) is 9.84 Å². The minimum Gasteiger partial charge on any atom is -0.487 e. The summed E-state index contributed by atoms with van der Waals surface area (Å²) < 4.78 is 28.1. The van der Waals surface area contributed by atoms with Crippen molar-refractivity contribution in [1.29, 1.82) is 0 Å². The van der Waals surface area contributed by atoms with Crippen molar-refractivity contribution < 1.29 is 18.3 Å². The minimum absolute atomic E-state index is 0.0588. The second kappa shape index (κ2) is 4.87. The van der Waals surface area contributed by atoms with Gasteiger partial charge < -0.3 is 15.6 Å². The van der Waals surface area contributed by atoms with Gasteiger partial charge >= 0.3 is 0 Å². The topological polar surface area (TPSA) is 89.6 Å². The lowest BCUT2D eigenvalue weighted by molar-refractivity contribution is 0.0738. The zero-order valence-corrected chi connectivity index (χ0v) is 10.9. The second-order valence-corrected chi connectivity index (χ2v) is 6.81. The number of benzene rings is 1. The highest BCUT2D eigenvalue weighted by Crippen LogP contribution is 2.22. The van der Waals surface area contributed by atoms with E-state index in [2.05, 4.69) is 0 Å². The molecule has 100 valence electrons. The normalized spacial score (nSPS) is 27.9. The van der Waals surface area contributed by atoms with Gasteiger partial charge in [-0.05, 0) is 24.6 Å². The van der Waals surface area contributed by atoms with Gasteiger partial charge in [0.05, 0.1) is 11.5 Å². The maximum atomic E-state index is 11.3. The Hall–Kier alpha value is -1.11. The number of sulfone groups is 1. The number of hydrogen-bond donors (Lipinski definition) is 2. The summed E-state index contributed by atoms with van der Waals surface area (Å²) in [7, 11) is -3.18. The van der Waals surface area contributed by atoms with Crippen LogP contribution < -0.4 is 10.5 Å². The van der Waals surface area contributed by atoms with Crippen molar-refractivity contribution in [1.82, 2.24) is 0 Å². The Morgan fingerprint density at radius 3 is 2.39 bits per heavy atom. The number of nitrogens with two attached hydrogens (primary N) is 1. The zero-order chi connectivity index (χ0) is 13.3. The largest absolute Gasteiger partial charge is 0.487 e. The first-order valence-electron chi connectivity index (χ1n) is 5.78. The van der Waals surface area contributed by atoms with Crippen LogP contribution in [0.15, 0.2) is 24.3 Å². The SMILES string of the molecule is C[C@@H](N)c1ccc(OC2CS(=O)(=O)CC2O)cc1. The summed E-state index contributed by atoms with van der Waals surface area (Å²) >= 11 is 0. The van der Waals surface area contributed by atoms with E-state index in [9.17, 15) is 13.5 Å². The van der Waals surface area contributed by atoms with Crippen molar-refractivity contribution in [2.24, 2.45) is 5.73 Å². The molecule has 1 aliphatic heterocycles. The lowest BCUT2D eigenvalue weighted by Crippen LogP contribution is -2.29. The Morgan fingerprint density at radius 1 is 1.33 bits per heavy atom. The summed E-state index contributed by atoms with van der Waals surface area (Å²) in [5, 5.41) is 9.60. The summed E-state index contributed by atoms with van der Waals surface area (Å²) in [4.78, 5) is 0. The van der Waals surface area contributed by atoms with E-state index >= 15 is 0 Å². The molecule has 3 atom stereocenters. The van der Waals surface area contributed by atoms with Gasteiger partial charge in [-0.25, -0.2) is 8.42 Å². The summed E-state index contributed by atoms with van der Waals surface area (Å²) in [6.07, 6.45) is -1.64. The van der Waals surface area contributed by atoms with Gasteiger partial charge in [0.1, 0.15) is 18.0 Å². The highest BCUT2D eigenvalue weighted by atomic mass is 32.2. The molecular formula is C12H17NO4S. The van der Waals surface area contributed by atoms with Crippen molar-refractivity contribution in [2.45, 2.75) is 25.2 Å². The molecule has 1 saturated heterocycles. The number of aliphatic hydroxyl groups is 1. The van der Waals surface area contributed by atoms with Crippen LogP contribution in [0.5, 0.6) is 5.75 Å². The molecule has 1 aromatic carbocycles. The van der Waals surface area contributed by atoms with Crippen LogP contribution >= 0.6 is 0 Å². The maximum Gasteiger partial charge on any atom is 0.156 e.